The van der Waals surface area contributed by atoms with Gasteiger partial charge in [0.2, 0.25) is 0 Å². The zero-order valence-corrected chi connectivity index (χ0v) is 12.2. The summed E-state index contributed by atoms with van der Waals surface area (Å²) in [5.74, 6) is 0. The van der Waals surface area contributed by atoms with E-state index in [2.05, 4.69) is 9.71 Å². The summed E-state index contributed by atoms with van der Waals surface area (Å²) < 4.78 is 26.8. The lowest BCUT2D eigenvalue weighted by atomic mass is 10.1. The molecular formula is C14H14N4O2S. The molecule has 1 aromatic carbocycles. The van der Waals surface area contributed by atoms with E-state index < -0.39 is 10.0 Å². The molecule has 0 saturated carbocycles. The van der Waals surface area contributed by atoms with Crippen molar-refractivity contribution in [2.75, 3.05) is 10.5 Å². The van der Waals surface area contributed by atoms with Gasteiger partial charge in [-0.25, -0.2) is 13.4 Å². The number of rotatable bonds is 4. The Balaban J connectivity index is 2.28. The summed E-state index contributed by atoms with van der Waals surface area (Å²) in [4.78, 5) is 3.73. The Morgan fingerprint density at radius 3 is 2.62 bits per heavy atom. The molecule has 0 amide bonds. The molecule has 2 aromatic rings. The second kappa shape index (κ2) is 5.81. The van der Waals surface area contributed by atoms with Crippen molar-refractivity contribution < 1.29 is 8.42 Å². The largest absolute Gasteiger partial charge is 0.398 e. The molecular weight excluding hydrogens is 288 g/mol. The molecule has 0 atom stereocenters. The Morgan fingerprint density at radius 2 is 2.10 bits per heavy atom. The van der Waals surface area contributed by atoms with Gasteiger partial charge in [-0.1, -0.05) is 13.0 Å². The highest BCUT2D eigenvalue weighted by Crippen LogP contribution is 2.21. The van der Waals surface area contributed by atoms with Crippen molar-refractivity contribution in [3.8, 4) is 6.07 Å². The fraction of sp³-hybridized carbons (Fsp3) is 0.143. The predicted octanol–water partition coefficient (Wildman–Crippen LogP) is 1.90. The van der Waals surface area contributed by atoms with Gasteiger partial charge in [-0.2, -0.15) is 5.26 Å². The molecule has 0 saturated heterocycles. The van der Waals surface area contributed by atoms with E-state index in [1.165, 1.54) is 12.1 Å². The van der Waals surface area contributed by atoms with E-state index in [9.17, 15) is 8.42 Å². The Labute approximate surface area is 123 Å². The van der Waals surface area contributed by atoms with Crippen LogP contribution in [0.3, 0.4) is 0 Å². The molecule has 0 aliphatic rings. The van der Waals surface area contributed by atoms with Gasteiger partial charge in [-0.3, -0.25) is 4.72 Å². The summed E-state index contributed by atoms with van der Waals surface area (Å²) >= 11 is 0. The lowest BCUT2D eigenvalue weighted by Gasteiger charge is -2.10. The molecule has 0 bridgehead atoms. The van der Waals surface area contributed by atoms with Crippen LogP contribution in [-0.4, -0.2) is 13.4 Å². The van der Waals surface area contributed by atoms with E-state index >= 15 is 0 Å². The maximum Gasteiger partial charge on any atom is 0.263 e. The third-order valence-corrected chi connectivity index (χ3v) is 4.31. The monoisotopic (exact) mass is 302 g/mol. The first-order valence-corrected chi connectivity index (χ1v) is 7.72. The van der Waals surface area contributed by atoms with Gasteiger partial charge in [0.15, 0.2) is 0 Å². The third kappa shape index (κ3) is 3.30. The first kappa shape index (κ1) is 14.8. The fourth-order valence-corrected chi connectivity index (χ4v) is 2.79. The highest BCUT2D eigenvalue weighted by Gasteiger charge is 2.15. The number of nitriles is 1. The van der Waals surface area contributed by atoms with Crippen LogP contribution in [0.4, 0.5) is 11.4 Å². The van der Waals surface area contributed by atoms with Crippen molar-refractivity contribution in [3.63, 3.8) is 0 Å². The number of anilines is 2. The van der Waals surface area contributed by atoms with E-state index in [1.807, 2.05) is 13.0 Å². The molecule has 108 valence electrons. The fourth-order valence-electron chi connectivity index (χ4n) is 1.80. The second-order valence-corrected chi connectivity index (χ2v) is 6.05. The van der Waals surface area contributed by atoms with Crippen LogP contribution >= 0.6 is 0 Å². The third-order valence-electron chi connectivity index (χ3n) is 2.94. The van der Waals surface area contributed by atoms with Crippen LogP contribution in [0.1, 0.15) is 18.2 Å². The number of nitrogens with one attached hydrogen (secondary N) is 1. The lowest BCUT2D eigenvalue weighted by Crippen LogP contribution is -2.13. The van der Waals surface area contributed by atoms with Gasteiger partial charge in [-0.05, 0) is 36.2 Å². The minimum Gasteiger partial charge on any atom is -0.398 e. The van der Waals surface area contributed by atoms with Crippen molar-refractivity contribution >= 4 is 21.4 Å². The molecule has 7 heteroatoms. The van der Waals surface area contributed by atoms with Crippen molar-refractivity contribution in [2.24, 2.45) is 0 Å². The number of aryl methyl sites for hydroxylation is 1. The topological polar surface area (TPSA) is 109 Å². The molecule has 0 unspecified atom stereocenters. The first-order chi connectivity index (χ1) is 9.96. The van der Waals surface area contributed by atoms with E-state index in [0.717, 1.165) is 18.2 Å². The van der Waals surface area contributed by atoms with Crippen molar-refractivity contribution in [3.05, 3.63) is 47.8 Å². The van der Waals surface area contributed by atoms with Gasteiger partial charge >= 0.3 is 0 Å². The summed E-state index contributed by atoms with van der Waals surface area (Å²) in [6.07, 6.45) is 1.92. The molecule has 0 spiro atoms. The Morgan fingerprint density at radius 1 is 1.33 bits per heavy atom. The maximum atomic E-state index is 12.2. The van der Waals surface area contributed by atoms with Crippen molar-refractivity contribution in [1.82, 2.24) is 4.98 Å². The highest BCUT2D eigenvalue weighted by molar-refractivity contribution is 7.92. The number of sulfonamides is 1. The van der Waals surface area contributed by atoms with Gasteiger partial charge in [0.1, 0.15) is 16.7 Å². The molecule has 0 fully saturated rings. The molecule has 0 radical (unpaired) electrons. The van der Waals surface area contributed by atoms with Crippen molar-refractivity contribution in [2.45, 2.75) is 18.2 Å². The maximum absolute atomic E-state index is 12.2. The van der Waals surface area contributed by atoms with Gasteiger partial charge < -0.3 is 5.73 Å². The number of nitrogen functional groups attached to an aromatic ring is 1. The molecule has 0 aliphatic heterocycles. The number of hydrogen-bond donors (Lipinski definition) is 2. The molecule has 1 aromatic heterocycles. The van der Waals surface area contributed by atoms with Gasteiger partial charge in [0.25, 0.3) is 10.0 Å². The van der Waals surface area contributed by atoms with Crippen LogP contribution in [0.2, 0.25) is 0 Å². The Kier molecular flexibility index (Phi) is 4.10. The standard InChI is InChI=1S/C14H14N4O2S/c1-2-10-3-4-11(7-14(10)16)18-21(19,20)13-6-5-12(8-15)17-9-13/h3-7,9,18H,2,16H2,1H3. The number of nitrogens with zero attached hydrogens (tertiary/aromatic N) is 2. The summed E-state index contributed by atoms with van der Waals surface area (Å²) in [6.45, 7) is 1.97. The smallest absolute Gasteiger partial charge is 0.263 e. The normalized spacial score (nSPS) is 10.9. The summed E-state index contributed by atoms with van der Waals surface area (Å²) in [7, 11) is -3.75. The van der Waals surface area contributed by atoms with E-state index in [4.69, 9.17) is 11.0 Å². The van der Waals surface area contributed by atoms with E-state index in [1.54, 1.807) is 18.2 Å². The van der Waals surface area contributed by atoms with Crippen LogP contribution < -0.4 is 10.5 Å². The summed E-state index contributed by atoms with van der Waals surface area (Å²) in [5, 5.41) is 8.65. The number of aromatic nitrogens is 1. The van der Waals surface area contributed by atoms with Crippen LogP contribution in [0.5, 0.6) is 0 Å². The van der Waals surface area contributed by atoms with E-state index in [-0.39, 0.29) is 10.6 Å². The van der Waals surface area contributed by atoms with Gasteiger partial charge in [0.05, 0.1) is 5.69 Å². The van der Waals surface area contributed by atoms with Crippen molar-refractivity contribution in [1.29, 1.82) is 5.26 Å². The summed E-state index contributed by atoms with van der Waals surface area (Å²) in [6, 6.07) is 9.53. The zero-order chi connectivity index (χ0) is 15.5. The second-order valence-electron chi connectivity index (χ2n) is 4.36. The van der Waals surface area contributed by atoms with E-state index in [0.29, 0.717) is 11.4 Å². The molecule has 2 rings (SSSR count). The SMILES string of the molecule is CCc1ccc(NS(=O)(=O)c2ccc(C#N)nc2)cc1N. The molecule has 1 heterocycles. The number of hydrogen-bond acceptors (Lipinski definition) is 5. The highest BCUT2D eigenvalue weighted by atomic mass is 32.2. The average molecular weight is 302 g/mol. The quantitative estimate of drug-likeness (QED) is 0.838. The number of nitrogens with two attached hydrogens (primary N) is 1. The van der Waals surface area contributed by atoms with Crippen LogP contribution in [0, 0.1) is 11.3 Å². The van der Waals surface area contributed by atoms with Crippen LogP contribution in [0.15, 0.2) is 41.4 Å². The lowest BCUT2D eigenvalue weighted by molar-refractivity contribution is 0.601. The predicted molar refractivity (Wildman–Crippen MR) is 80.0 cm³/mol. The Bertz CT molecular complexity index is 793. The number of benzene rings is 1. The summed E-state index contributed by atoms with van der Waals surface area (Å²) in [5.41, 5.74) is 7.88. The minimum absolute atomic E-state index is 0.0142. The number of pyridine rings is 1. The van der Waals surface area contributed by atoms with Gasteiger partial charge in [0, 0.05) is 11.9 Å². The molecule has 21 heavy (non-hydrogen) atoms. The minimum atomic E-state index is -3.75. The zero-order valence-electron chi connectivity index (χ0n) is 11.4. The Hall–Kier alpha value is -2.59. The molecule has 3 N–H and O–H groups in total. The van der Waals surface area contributed by atoms with Crippen LogP contribution in [-0.2, 0) is 16.4 Å². The molecule has 0 aliphatic carbocycles. The average Bonchev–Trinajstić information content (AvgIpc) is 2.47. The van der Waals surface area contributed by atoms with Crippen LogP contribution in [0.25, 0.3) is 0 Å². The molecule has 6 nitrogen and oxygen atoms in total. The first-order valence-electron chi connectivity index (χ1n) is 6.23. The van der Waals surface area contributed by atoms with Gasteiger partial charge in [-0.15, -0.1) is 0 Å².